The SMILES string of the molecule is C=C/C(=C\C=C(/C)c1nc(NCCO)cc(C2(S(=O)(=O)CCCO)CC2)n1)NC(=O)NCC(O)N(C)C. The molecule has 0 bridgehead atoms. The van der Waals surface area contributed by atoms with Crippen molar-refractivity contribution in [2.45, 2.75) is 37.2 Å². The molecular weight excluding hydrogens is 500 g/mol. The molecule has 6 N–H and O–H groups in total. The first-order valence-corrected chi connectivity index (χ1v) is 13.6. The fraction of sp³-hybridized carbons (Fsp3) is 0.542. The van der Waals surface area contributed by atoms with Gasteiger partial charge in [0.15, 0.2) is 15.7 Å². The fourth-order valence-electron chi connectivity index (χ4n) is 3.41. The van der Waals surface area contributed by atoms with Crippen LogP contribution in [0.3, 0.4) is 0 Å². The van der Waals surface area contributed by atoms with Crippen LogP contribution in [0.2, 0.25) is 0 Å². The largest absolute Gasteiger partial charge is 0.396 e. The van der Waals surface area contributed by atoms with E-state index < -0.39 is 26.8 Å². The highest BCUT2D eigenvalue weighted by Gasteiger charge is 2.56. The minimum Gasteiger partial charge on any atom is -0.396 e. The molecule has 1 heterocycles. The second-order valence-electron chi connectivity index (χ2n) is 8.96. The van der Waals surface area contributed by atoms with Gasteiger partial charge in [0.1, 0.15) is 16.8 Å². The third kappa shape index (κ3) is 8.33. The second-order valence-corrected chi connectivity index (χ2v) is 11.4. The molecule has 13 heteroatoms. The Labute approximate surface area is 218 Å². The number of hydrogen-bond donors (Lipinski definition) is 6. The quantitative estimate of drug-likeness (QED) is 0.135. The topological polar surface area (TPSA) is 177 Å². The first kappa shape index (κ1) is 30.4. The number of sulfone groups is 1. The predicted molar refractivity (Wildman–Crippen MR) is 142 cm³/mol. The smallest absolute Gasteiger partial charge is 0.319 e. The van der Waals surface area contributed by atoms with Crippen LogP contribution in [0.15, 0.2) is 36.6 Å². The van der Waals surface area contributed by atoms with Crippen LogP contribution in [0.4, 0.5) is 10.6 Å². The van der Waals surface area contributed by atoms with Crippen LogP contribution in [-0.4, -0.2) is 97.0 Å². The van der Waals surface area contributed by atoms with E-state index in [9.17, 15) is 23.4 Å². The number of allylic oxidation sites excluding steroid dienone is 4. The van der Waals surface area contributed by atoms with Crippen molar-refractivity contribution in [2.24, 2.45) is 0 Å². The summed E-state index contributed by atoms with van der Waals surface area (Å²) >= 11 is 0. The monoisotopic (exact) mass is 538 g/mol. The highest BCUT2D eigenvalue weighted by atomic mass is 32.2. The molecule has 2 amide bonds. The molecule has 0 radical (unpaired) electrons. The zero-order chi connectivity index (χ0) is 27.6. The van der Waals surface area contributed by atoms with Gasteiger partial charge in [0, 0.05) is 24.9 Å². The molecule has 1 atom stereocenters. The van der Waals surface area contributed by atoms with E-state index >= 15 is 0 Å². The lowest BCUT2D eigenvalue weighted by molar-refractivity contribution is 0.0432. The number of aromatic nitrogens is 2. The third-order valence-electron chi connectivity index (χ3n) is 5.87. The number of carbonyl (C=O) groups is 1. The molecule has 0 saturated heterocycles. The molecule has 206 valence electrons. The summed E-state index contributed by atoms with van der Waals surface area (Å²) in [6.07, 6.45) is 4.91. The number of anilines is 1. The molecule has 0 aliphatic heterocycles. The van der Waals surface area contributed by atoms with E-state index in [4.69, 9.17) is 5.11 Å². The van der Waals surface area contributed by atoms with Crippen LogP contribution >= 0.6 is 0 Å². The van der Waals surface area contributed by atoms with Gasteiger partial charge in [-0.1, -0.05) is 12.7 Å². The molecule has 37 heavy (non-hydrogen) atoms. The number of amides is 2. The molecule has 1 aromatic heterocycles. The Morgan fingerprint density at radius 2 is 1.95 bits per heavy atom. The summed E-state index contributed by atoms with van der Waals surface area (Å²) in [5.41, 5.74) is 1.35. The van der Waals surface area contributed by atoms with Crippen molar-refractivity contribution in [1.29, 1.82) is 0 Å². The average molecular weight is 539 g/mol. The van der Waals surface area contributed by atoms with Crippen LogP contribution in [-0.2, 0) is 14.6 Å². The Morgan fingerprint density at radius 1 is 1.24 bits per heavy atom. The standard InChI is InChI=1S/C24H38N6O6S/c1-5-18(27-23(34)26-16-21(33)30(3)4)8-7-17(2)22-28-19(15-20(29-22)25-11-13-32)24(9-10-24)37(35,36)14-6-12-31/h5,7-8,15,21,31-33H,1,6,9-14,16H2,2-4H3,(H,25,28,29)(H2,26,27,34)/b17-7+,18-8+. The average Bonchev–Trinajstić information content (AvgIpc) is 3.69. The van der Waals surface area contributed by atoms with Crippen LogP contribution in [0.1, 0.15) is 37.7 Å². The van der Waals surface area contributed by atoms with Crippen molar-refractivity contribution in [3.63, 3.8) is 0 Å². The van der Waals surface area contributed by atoms with E-state index in [-0.39, 0.29) is 38.5 Å². The van der Waals surface area contributed by atoms with Gasteiger partial charge in [0.2, 0.25) is 0 Å². The summed E-state index contributed by atoms with van der Waals surface area (Å²) in [5, 5.41) is 36.3. The maximum absolute atomic E-state index is 13.0. The van der Waals surface area contributed by atoms with Crippen LogP contribution in [0, 0.1) is 0 Å². The van der Waals surface area contributed by atoms with Crippen LogP contribution in [0.25, 0.3) is 5.57 Å². The van der Waals surface area contributed by atoms with Crippen LogP contribution < -0.4 is 16.0 Å². The highest BCUT2D eigenvalue weighted by Crippen LogP contribution is 2.53. The Bertz CT molecular complexity index is 1110. The van der Waals surface area contributed by atoms with E-state index in [0.29, 0.717) is 41.4 Å². The van der Waals surface area contributed by atoms with Gasteiger partial charge in [0.25, 0.3) is 0 Å². The minimum absolute atomic E-state index is 0.0331. The van der Waals surface area contributed by atoms with Crippen molar-refractivity contribution in [2.75, 3.05) is 51.5 Å². The summed E-state index contributed by atoms with van der Waals surface area (Å²) in [6, 6.07) is 1.07. The van der Waals surface area contributed by atoms with E-state index in [2.05, 4.69) is 32.5 Å². The molecule has 0 spiro atoms. The van der Waals surface area contributed by atoms with Gasteiger partial charge in [-0.15, -0.1) is 0 Å². The number of aliphatic hydroxyl groups is 3. The lowest BCUT2D eigenvalue weighted by atomic mass is 10.2. The van der Waals surface area contributed by atoms with E-state index in [1.165, 1.54) is 6.08 Å². The fourth-order valence-corrected chi connectivity index (χ4v) is 5.46. The molecule has 1 unspecified atom stereocenters. The summed E-state index contributed by atoms with van der Waals surface area (Å²) in [7, 11) is -0.182. The first-order valence-electron chi connectivity index (χ1n) is 12.0. The number of likely N-dealkylation sites (N-methyl/N-ethyl adjacent to an activating group) is 1. The van der Waals surface area contributed by atoms with Gasteiger partial charge in [-0.2, -0.15) is 0 Å². The minimum atomic E-state index is -3.55. The zero-order valence-corrected chi connectivity index (χ0v) is 22.4. The Balaban J connectivity index is 2.31. The van der Waals surface area contributed by atoms with Gasteiger partial charge in [0.05, 0.1) is 24.6 Å². The number of nitrogens with zero attached hydrogens (tertiary/aromatic N) is 3. The van der Waals surface area contributed by atoms with Gasteiger partial charge in [-0.3, -0.25) is 4.90 Å². The normalized spacial score (nSPS) is 16.3. The summed E-state index contributed by atoms with van der Waals surface area (Å²) < 4.78 is 25.0. The van der Waals surface area contributed by atoms with Crippen molar-refractivity contribution < 1.29 is 28.5 Å². The Morgan fingerprint density at radius 3 is 2.51 bits per heavy atom. The third-order valence-corrected chi connectivity index (χ3v) is 8.50. The van der Waals surface area contributed by atoms with Crippen LogP contribution in [0.5, 0.6) is 0 Å². The van der Waals surface area contributed by atoms with E-state index in [1.807, 2.05) is 0 Å². The molecule has 2 rings (SSSR count). The molecule has 1 aromatic rings. The Hall–Kier alpha value is -2.84. The number of hydrogen-bond acceptors (Lipinski definition) is 10. The zero-order valence-electron chi connectivity index (χ0n) is 21.6. The van der Waals surface area contributed by atoms with E-state index in [1.54, 1.807) is 44.1 Å². The van der Waals surface area contributed by atoms with Crippen molar-refractivity contribution in [1.82, 2.24) is 25.5 Å². The molecule has 1 saturated carbocycles. The van der Waals surface area contributed by atoms with Crippen molar-refractivity contribution in [3.8, 4) is 0 Å². The van der Waals surface area contributed by atoms with Gasteiger partial charge < -0.3 is 31.3 Å². The lowest BCUT2D eigenvalue weighted by Crippen LogP contribution is -2.43. The number of urea groups is 1. The Kier molecular flexibility index (Phi) is 11.2. The van der Waals surface area contributed by atoms with Crippen molar-refractivity contribution >= 4 is 27.3 Å². The van der Waals surface area contributed by atoms with Gasteiger partial charge in [-0.25, -0.2) is 23.2 Å². The number of carbonyl (C=O) groups excluding carboxylic acids is 1. The number of rotatable bonds is 15. The highest BCUT2D eigenvalue weighted by molar-refractivity contribution is 7.92. The molecule has 1 aliphatic carbocycles. The second kappa shape index (κ2) is 13.6. The predicted octanol–water partition coefficient (Wildman–Crippen LogP) is 0.320. The number of nitrogens with one attached hydrogen (secondary N) is 3. The summed E-state index contributed by atoms with van der Waals surface area (Å²) in [5.74, 6) is 0.539. The summed E-state index contributed by atoms with van der Waals surface area (Å²) in [4.78, 5) is 22.7. The van der Waals surface area contributed by atoms with Gasteiger partial charge in [-0.05, 0) is 58.0 Å². The molecular formula is C24H38N6O6S. The maximum Gasteiger partial charge on any atom is 0.319 e. The molecule has 1 fully saturated rings. The summed E-state index contributed by atoms with van der Waals surface area (Å²) in [6.45, 7) is 5.36. The molecule has 1 aliphatic rings. The van der Waals surface area contributed by atoms with Crippen molar-refractivity contribution in [3.05, 3.63) is 48.1 Å². The number of aliphatic hydroxyl groups excluding tert-OH is 3. The van der Waals surface area contributed by atoms with E-state index in [0.717, 1.165) is 0 Å². The maximum atomic E-state index is 13.0. The molecule has 12 nitrogen and oxygen atoms in total. The molecule has 0 aromatic carbocycles. The lowest BCUT2D eigenvalue weighted by Gasteiger charge is -2.19. The first-order chi connectivity index (χ1) is 17.5. The van der Waals surface area contributed by atoms with Gasteiger partial charge >= 0.3 is 6.03 Å².